The molecule has 0 N–H and O–H groups in total. The second-order valence-corrected chi connectivity index (χ2v) is 6.68. The highest BCUT2D eigenvalue weighted by Crippen LogP contribution is 2.12. The van der Waals surface area contributed by atoms with Gasteiger partial charge in [0.15, 0.2) is 0 Å². The molecular formula is C16H19NO2S2. The fourth-order valence-corrected chi connectivity index (χ4v) is 3.23. The molecule has 0 aliphatic carbocycles. The first-order valence-electron chi connectivity index (χ1n) is 6.77. The summed E-state index contributed by atoms with van der Waals surface area (Å²) in [5, 5.41) is 2.03. The Hall–Kier alpha value is -1.46. The van der Waals surface area contributed by atoms with Crippen molar-refractivity contribution in [3.8, 4) is 5.75 Å². The van der Waals surface area contributed by atoms with Crippen molar-refractivity contribution in [2.45, 2.75) is 6.54 Å². The van der Waals surface area contributed by atoms with Gasteiger partial charge in [-0.05, 0) is 23.6 Å². The Labute approximate surface area is 133 Å². The maximum atomic E-state index is 12.0. The fourth-order valence-electron chi connectivity index (χ4n) is 1.73. The Bertz CT molecular complexity index is 528. The van der Waals surface area contributed by atoms with E-state index in [1.54, 1.807) is 28.0 Å². The van der Waals surface area contributed by atoms with Crippen molar-refractivity contribution >= 4 is 29.0 Å². The molecule has 1 amide bonds. The third-order valence-corrected chi connectivity index (χ3v) is 4.63. The number of carbonyl (C=O) groups excluding carboxylic acids is 1. The summed E-state index contributed by atoms with van der Waals surface area (Å²) >= 11 is 3.29. The minimum absolute atomic E-state index is 0.160. The number of nitrogens with zero attached hydrogens (tertiary/aromatic N) is 1. The topological polar surface area (TPSA) is 29.5 Å². The first-order valence-corrected chi connectivity index (χ1v) is 8.81. The molecule has 0 aliphatic rings. The molecule has 0 aliphatic heterocycles. The molecule has 1 aromatic heterocycles. The summed E-state index contributed by atoms with van der Waals surface area (Å²) in [4.78, 5) is 15.0. The number of para-hydroxylation sites is 1. The lowest BCUT2D eigenvalue weighted by Crippen LogP contribution is -2.27. The van der Waals surface area contributed by atoms with Crippen LogP contribution in [-0.2, 0) is 11.3 Å². The van der Waals surface area contributed by atoms with E-state index in [4.69, 9.17) is 4.74 Å². The first-order chi connectivity index (χ1) is 10.3. The van der Waals surface area contributed by atoms with Gasteiger partial charge >= 0.3 is 0 Å². The number of carbonyl (C=O) groups is 1. The normalized spacial score (nSPS) is 10.3. The Morgan fingerprint density at radius 3 is 2.76 bits per heavy atom. The van der Waals surface area contributed by atoms with Crippen molar-refractivity contribution in [1.82, 2.24) is 4.90 Å². The largest absolute Gasteiger partial charge is 0.493 e. The van der Waals surface area contributed by atoms with Crippen molar-refractivity contribution in [3.05, 3.63) is 52.7 Å². The molecule has 1 aromatic carbocycles. The number of thiophene rings is 1. The summed E-state index contributed by atoms with van der Waals surface area (Å²) in [6, 6.07) is 13.8. The zero-order valence-corrected chi connectivity index (χ0v) is 13.7. The Kier molecular flexibility index (Phi) is 6.63. The Morgan fingerprint density at radius 1 is 1.24 bits per heavy atom. The van der Waals surface area contributed by atoms with Crippen LogP contribution in [0.1, 0.15) is 4.88 Å². The highest BCUT2D eigenvalue weighted by atomic mass is 32.2. The van der Waals surface area contributed by atoms with Crippen LogP contribution < -0.4 is 4.74 Å². The van der Waals surface area contributed by atoms with E-state index in [-0.39, 0.29) is 5.91 Å². The van der Waals surface area contributed by atoms with E-state index in [0.717, 1.165) is 11.5 Å². The molecule has 112 valence electrons. The third kappa shape index (κ3) is 5.81. The maximum absolute atomic E-state index is 12.0. The highest BCUT2D eigenvalue weighted by molar-refractivity contribution is 7.99. The van der Waals surface area contributed by atoms with Crippen LogP contribution in [0.3, 0.4) is 0 Å². The van der Waals surface area contributed by atoms with Gasteiger partial charge in [0.2, 0.25) is 5.91 Å². The fraction of sp³-hybridized carbons (Fsp3) is 0.312. The van der Waals surface area contributed by atoms with E-state index in [2.05, 4.69) is 6.07 Å². The van der Waals surface area contributed by atoms with Crippen molar-refractivity contribution in [3.63, 3.8) is 0 Å². The predicted octanol–water partition coefficient (Wildman–Crippen LogP) is 3.52. The predicted molar refractivity (Wildman–Crippen MR) is 90.1 cm³/mol. The average Bonchev–Trinajstić information content (AvgIpc) is 3.00. The van der Waals surface area contributed by atoms with Crippen LogP contribution in [0.4, 0.5) is 0 Å². The van der Waals surface area contributed by atoms with Crippen molar-refractivity contribution in [2.24, 2.45) is 0 Å². The van der Waals surface area contributed by atoms with Crippen LogP contribution in [0.2, 0.25) is 0 Å². The average molecular weight is 321 g/mol. The van der Waals surface area contributed by atoms with Crippen molar-refractivity contribution in [2.75, 3.05) is 25.2 Å². The lowest BCUT2D eigenvalue weighted by molar-refractivity contribution is -0.127. The van der Waals surface area contributed by atoms with Gasteiger partial charge in [-0.2, -0.15) is 0 Å². The van der Waals surface area contributed by atoms with Crippen LogP contribution in [0.25, 0.3) is 0 Å². The number of rotatable bonds is 8. The SMILES string of the molecule is CN(Cc1cccs1)C(=O)CSCCOc1ccccc1. The molecule has 5 heteroatoms. The molecule has 0 spiro atoms. The van der Waals surface area contributed by atoms with Gasteiger partial charge in [-0.3, -0.25) is 4.79 Å². The smallest absolute Gasteiger partial charge is 0.232 e. The van der Waals surface area contributed by atoms with E-state index >= 15 is 0 Å². The van der Waals surface area contributed by atoms with Gasteiger partial charge in [0.25, 0.3) is 0 Å². The van der Waals surface area contributed by atoms with Crippen LogP contribution in [0.15, 0.2) is 47.8 Å². The molecule has 0 unspecified atom stereocenters. The molecule has 2 aromatic rings. The summed E-state index contributed by atoms with van der Waals surface area (Å²) in [5.74, 6) is 2.35. The molecule has 0 atom stereocenters. The van der Waals surface area contributed by atoms with Crippen molar-refractivity contribution in [1.29, 1.82) is 0 Å². The lowest BCUT2D eigenvalue weighted by Gasteiger charge is -2.16. The van der Waals surface area contributed by atoms with Gasteiger partial charge in [-0.1, -0.05) is 24.3 Å². The van der Waals surface area contributed by atoms with Crippen LogP contribution in [-0.4, -0.2) is 36.0 Å². The molecule has 1 heterocycles. The zero-order valence-electron chi connectivity index (χ0n) is 12.0. The highest BCUT2D eigenvalue weighted by Gasteiger charge is 2.09. The van der Waals surface area contributed by atoms with E-state index in [9.17, 15) is 4.79 Å². The molecule has 0 radical (unpaired) electrons. The third-order valence-electron chi connectivity index (χ3n) is 2.86. The number of benzene rings is 1. The van der Waals surface area contributed by atoms with E-state index < -0.39 is 0 Å². The molecule has 0 saturated heterocycles. The molecular weight excluding hydrogens is 302 g/mol. The van der Waals surface area contributed by atoms with E-state index in [1.165, 1.54) is 4.88 Å². The first kappa shape index (κ1) is 15.9. The second kappa shape index (κ2) is 8.74. The van der Waals surface area contributed by atoms with Gasteiger partial charge in [0.1, 0.15) is 5.75 Å². The molecule has 0 bridgehead atoms. The maximum Gasteiger partial charge on any atom is 0.232 e. The summed E-state index contributed by atoms with van der Waals surface area (Å²) in [7, 11) is 1.85. The van der Waals surface area contributed by atoms with Crippen molar-refractivity contribution < 1.29 is 9.53 Å². The number of amides is 1. The zero-order chi connectivity index (χ0) is 14.9. The van der Waals surface area contributed by atoms with Gasteiger partial charge < -0.3 is 9.64 Å². The summed E-state index contributed by atoms with van der Waals surface area (Å²) in [6.45, 7) is 1.31. The minimum atomic E-state index is 0.160. The number of hydrogen-bond donors (Lipinski definition) is 0. The number of ether oxygens (including phenoxy) is 1. The summed E-state index contributed by atoms with van der Waals surface area (Å²) in [6.07, 6.45) is 0. The monoisotopic (exact) mass is 321 g/mol. The van der Waals surface area contributed by atoms with Gasteiger partial charge in [0.05, 0.1) is 18.9 Å². The van der Waals surface area contributed by atoms with Gasteiger partial charge in [0, 0.05) is 17.7 Å². The van der Waals surface area contributed by atoms with Crippen LogP contribution in [0.5, 0.6) is 5.75 Å². The molecule has 21 heavy (non-hydrogen) atoms. The summed E-state index contributed by atoms with van der Waals surface area (Å²) < 4.78 is 5.59. The van der Waals surface area contributed by atoms with Crippen LogP contribution >= 0.6 is 23.1 Å². The number of hydrogen-bond acceptors (Lipinski definition) is 4. The van der Waals surface area contributed by atoms with Gasteiger partial charge in [-0.15, -0.1) is 23.1 Å². The van der Waals surface area contributed by atoms with E-state index in [0.29, 0.717) is 18.9 Å². The number of thioether (sulfide) groups is 1. The minimum Gasteiger partial charge on any atom is -0.493 e. The quantitative estimate of drug-likeness (QED) is 0.697. The van der Waals surface area contributed by atoms with E-state index in [1.807, 2.05) is 48.8 Å². The standard InChI is InChI=1S/C16H19NO2S2/c1-17(12-15-8-5-10-21-15)16(18)13-20-11-9-19-14-6-3-2-4-7-14/h2-8,10H,9,11-13H2,1H3. The lowest BCUT2D eigenvalue weighted by atomic mass is 10.3. The molecule has 3 nitrogen and oxygen atoms in total. The summed E-state index contributed by atoms with van der Waals surface area (Å²) in [5.41, 5.74) is 0. The molecule has 2 rings (SSSR count). The van der Waals surface area contributed by atoms with Crippen LogP contribution in [0, 0.1) is 0 Å². The Balaban J connectivity index is 1.58. The second-order valence-electron chi connectivity index (χ2n) is 4.54. The van der Waals surface area contributed by atoms with Gasteiger partial charge in [-0.25, -0.2) is 0 Å². The molecule has 0 fully saturated rings. The Morgan fingerprint density at radius 2 is 2.05 bits per heavy atom. The molecule has 0 saturated carbocycles.